The summed E-state index contributed by atoms with van der Waals surface area (Å²) in [5.41, 5.74) is 8.05. The Kier molecular flexibility index (Phi) is 2.29. The molecule has 0 aliphatic heterocycles. The highest BCUT2D eigenvalue weighted by Gasteiger charge is 2.04. The standard InChI is InChI=1S/C10H13N3S/c1-7-3-4-14-9(7)6-13-5-8(2)12-10(13)11/h3-5H,6H2,1-2H3,(H2,11,12). The van der Waals surface area contributed by atoms with Crippen molar-refractivity contribution in [2.75, 3.05) is 5.73 Å². The molecular formula is C10H13N3S. The molecule has 2 N–H and O–H groups in total. The van der Waals surface area contributed by atoms with Crippen molar-refractivity contribution < 1.29 is 0 Å². The minimum absolute atomic E-state index is 0.593. The lowest BCUT2D eigenvalue weighted by atomic mass is 10.3. The smallest absolute Gasteiger partial charge is 0.200 e. The maximum Gasteiger partial charge on any atom is 0.200 e. The van der Waals surface area contributed by atoms with Crippen LogP contribution in [0.3, 0.4) is 0 Å². The number of aryl methyl sites for hydroxylation is 2. The summed E-state index contributed by atoms with van der Waals surface area (Å²) in [7, 11) is 0. The van der Waals surface area contributed by atoms with Gasteiger partial charge in [0.1, 0.15) is 0 Å². The van der Waals surface area contributed by atoms with Crippen LogP contribution in [0.1, 0.15) is 16.1 Å². The van der Waals surface area contributed by atoms with Crippen molar-refractivity contribution in [2.45, 2.75) is 20.4 Å². The average molecular weight is 207 g/mol. The number of thiophene rings is 1. The predicted molar refractivity (Wildman–Crippen MR) is 59.5 cm³/mol. The Morgan fingerprint density at radius 1 is 1.50 bits per heavy atom. The molecule has 0 amide bonds. The first-order valence-electron chi connectivity index (χ1n) is 4.49. The van der Waals surface area contributed by atoms with Crippen LogP contribution in [0, 0.1) is 13.8 Å². The van der Waals surface area contributed by atoms with Gasteiger partial charge in [-0.2, -0.15) is 0 Å². The Morgan fingerprint density at radius 2 is 2.29 bits per heavy atom. The fourth-order valence-corrected chi connectivity index (χ4v) is 2.32. The molecule has 4 heteroatoms. The topological polar surface area (TPSA) is 43.8 Å². The van der Waals surface area contributed by atoms with E-state index in [-0.39, 0.29) is 0 Å². The minimum Gasteiger partial charge on any atom is -0.369 e. The molecule has 2 aromatic rings. The summed E-state index contributed by atoms with van der Waals surface area (Å²) < 4.78 is 1.98. The summed E-state index contributed by atoms with van der Waals surface area (Å²) in [5.74, 6) is 0.593. The zero-order valence-corrected chi connectivity index (χ0v) is 9.14. The van der Waals surface area contributed by atoms with Crippen molar-refractivity contribution in [3.8, 4) is 0 Å². The Morgan fingerprint density at radius 3 is 2.79 bits per heavy atom. The van der Waals surface area contributed by atoms with Crippen LogP contribution in [0.25, 0.3) is 0 Å². The van der Waals surface area contributed by atoms with Crippen LogP contribution in [0.2, 0.25) is 0 Å². The molecule has 3 nitrogen and oxygen atoms in total. The molecule has 0 spiro atoms. The molecule has 0 atom stereocenters. The van der Waals surface area contributed by atoms with Gasteiger partial charge in [-0.05, 0) is 30.9 Å². The van der Waals surface area contributed by atoms with Gasteiger partial charge in [-0.25, -0.2) is 4.98 Å². The van der Waals surface area contributed by atoms with Gasteiger partial charge in [0.15, 0.2) is 0 Å². The van der Waals surface area contributed by atoms with Crippen molar-refractivity contribution in [2.24, 2.45) is 0 Å². The van der Waals surface area contributed by atoms with Crippen LogP contribution in [-0.2, 0) is 6.54 Å². The highest BCUT2D eigenvalue weighted by atomic mass is 32.1. The first-order chi connectivity index (χ1) is 6.66. The number of nitrogens with zero attached hydrogens (tertiary/aromatic N) is 2. The number of rotatable bonds is 2. The largest absolute Gasteiger partial charge is 0.369 e. The normalized spacial score (nSPS) is 10.7. The maximum atomic E-state index is 5.76. The third-order valence-electron chi connectivity index (χ3n) is 2.21. The van der Waals surface area contributed by atoms with E-state index in [4.69, 9.17) is 5.73 Å². The molecule has 0 saturated carbocycles. The van der Waals surface area contributed by atoms with E-state index in [1.165, 1.54) is 10.4 Å². The summed E-state index contributed by atoms with van der Waals surface area (Å²) in [4.78, 5) is 5.51. The monoisotopic (exact) mass is 207 g/mol. The number of anilines is 1. The fourth-order valence-electron chi connectivity index (χ4n) is 1.41. The van der Waals surface area contributed by atoms with Gasteiger partial charge in [-0.1, -0.05) is 0 Å². The van der Waals surface area contributed by atoms with E-state index in [0.717, 1.165) is 12.2 Å². The predicted octanol–water partition coefficient (Wildman–Crippen LogP) is 2.19. The molecule has 74 valence electrons. The molecule has 2 heterocycles. The maximum absolute atomic E-state index is 5.76. The summed E-state index contributed by atoms with van der Waals surface area (Å²) in [5, 5.41) is 2.10. The van der Waals surface area contributed by atoms with Crippen LogP contribution in [0.15, 0.2) is 17.6 Å². The number of aromatic nitrogens is 2. The molecule has 0 aromatic carbocycles. The lowest BCUT2D eigenvalue weighted by molar-refractivity contribution is 0.819. The van der Waals surface area contributed by atoms with E-state index in [2.05, 4.69) is 23.4 Å². The van der Waals surface area contributed by atoms with E-state index in [1.54, 1.807) is 11.3 Å². The zero-order chi connectivity index (χ0) is 10.1. The quantitative estimate of drug-likeness (QED) is 0.820. The van der Waals surface area contributed by atoms with Gasteiger partial charge in [0.25, 0.3) is 0 Å². The van der Waals surface area contributed by atoms with E-state index in [0.29, 0.717) is 5.95 Å². The first kappa shape index (κ1) is 9.27. The average Bonchev–Trinajstić information content (AvgIpc) is 2.62. The Balaban J connectivity index is 2.27. The number of nitrogen functional groups attached to an aromatic ring is 1. The zero-order valence-electron chi connectivity index (χ0n) is 8.32. The van der Waals surface area contributed by atoms with Crippen LogP contribution < -0.4 is 5.73 Å². The van der Waals surface area contributed by atoms with Gasteiger partial charge >= 0.3 is 0 Å². The van der Waals surface area contributed by atoms with Crippen LogP contribution in [0.4, 0.5) is 5.95 Å². The summed E-state index contributed by atoms with van der Waals surface area (Å²) in [6, 6.07) is 2.12. The number of hydrogen-bond acceptors (Lipinski definition) is 3. The van der Waals surface area contributed by atoms with Crippen molar-refractivity contribution >= 4 is 17.3 Å². The number of hydrogen-bond donors (Lipinski definition) is 1. The number of nitrogens with two attached hydrogens (primary N) is 1. The molecule has 0 radical (unpaired) electrons. The van der Waals surface area contributed by atoms with Crippen LogP contribution in [0.5, 0.6) is 0 Å². The van der Waals surface area contributed by atoms with Crippen LogP contribution in [-0.4, -0.2) is 9.55 Å². The molecule has 0 aliphatic rings. The molecular weight excluding hydrogens is 194 g/mol. The second kappa shape index (κ2) is 3.46. The van der Waals surface area contributed by atoms with E-state index in [1.807, 2.05) is 17.7 Å². The summed E-state index contributed by atoms with van der Waals surface area (Å²) >= 11 is 1.76. The van der Waals surface area contributed by atoms with E-state index < -0.39 is 0 Å². The Hall–Kier alpha value is -1.29. The second-order valence-electron chi connectivity index (χ2n) is 3.40. The third-order valence-corrected chi connectivity index (χ3v) is 3.22. The summed E-state index contributed by atoms with van der Waals surface area (Å²) in [6.07, 6.45) is 1.98. The lowest BCUT2D eigenvalue weighted by Gasteiger charge is -2.02. The van der Waals surface area contributed by atoms with Crippen molar-refractivity contribution in [1.82, 2.24) is 9.55 Å². The van der Waals surface area contributed by atoms with Gasteiger partial charge in [0.05, 0.1) is 12.2 Å². The highest BCUT2D eigenvalue weighted by molar-refractivity contribution is 7.10. The molecule has 0 bridgehead atoms. The lowest BCUT2D eigenvalue weighted by Crippen LogP contribution is -2.02. The SMILES string of the molecule is Cc1cn(Cc2sccc2C)c(N)n1. The van der Waals surface area contributed by atoms with Crippen molar-refractivity contribution in [3.05, 3.63) is 33.8 Å². The minimum atomic E-state index is 0.593. The molecule has 0 saturated heterocycles. The van der Waals surface area contributed by atoms with Crippen molar-refractivity contribution in [1.29, 1.82) is 0 Å². The van der Waals surface area contributed by atoms with Gasteiger partial charge in [-0.15, -0.1) is 11.3 Å². The van der Waals surface area contributed by atoms with Crippen LogP contribution >= 0.6 is 11.3 Å². The molecule has 2 aromatic heterocycles. The molecule has 0 fully saturated rings. The number of imidazole rings is 1. The van der Waals surface area contributed by atoms with E-state index in [9.17, 15) is 0 Å². The fraction of sp³-hybridized carbons (Fsp3) is 0.300. The van der Waals surface area contributed by atoms with E-state index >= 15 is 0 Å². The summed E-state index contributed by atoms with van der Waals surface area (Å²) in [6.45, 7) is 4.90. The Bertz CT molecular complexity index is 442. The first-order valence-corrected chi connectivity index (χ1v) is 5.37. The van der Waals surface area contributed by atoms with Gasteiger partial charge in [0.2, 0.25) is 5.95 Å². The van der Waals surface area contributed by atoms with Gasteiger partial charge in [-0.3, -0.25) is 0 Å². The molecule has 14 heavy (non-hydrogen) atoms. The molecule has 0 unspecified atom stereocenters. The second-order valence-corrected chi connectivity index (χ2v) is 4.40. The van der Waals surface area contributed by atoms with Gasteiger partial charge < -0.3 is 10.3 Å². The highest BCUT2D eigenvalue weighted by Crippen LogP contribution is 2.18. The molecule has 2 rings (SSSR count). The third kappa shape index (κ3) is 1.65. The van der Waals surface area contributed by atoms with Gasteiger partial charge in [0, 0.05) is 11.1 Å². The Labute approximate surface area is 87.2 Å². The van der Waals surface area contributed by atoms with Crippen molar-refractivity contribution in [3.63, 3.8) is 0 Å². The molecule has 0 aliphatic carbocycles.